The molecule has 0 aliphatic carbocycles. The van der Waals surface area contributed by atoms with E-state index in [0.29, 0.717) is 18.0 Å². The molecule has 0 aliphatic rings. The zero-order valence-electron chi connectivity index (χ0n) is 11.3. The molecule has 0 heterocycles. The molecule has 106 valence electrons. The molecule has 4 nitrogen and oxygen atoms in total. The summed E-state index contributed by atoms with van der Waals surface area (Å²) in [5.74, 6) is 0.282. The maximum absolute atomic E-state index is 11.8. The topological polar surface area (TPSA) is 61.4 Å². The maximum Gasteiger partial charge on any atom is 0.315 e. The first-order chi connectivity index (χ1) is 9.02. The van der Waals surface area contributed by atoms with Crippen molar-refractivity contribution in [3.8, 4) is 0 Å². The molecule has 0 saturated heterocycles. The molecular weight excluding hydrogens is 264 g/mol. The van der Waals surface area contributed by atoms with E-state index in [-0.39, 0.29) is 24.6 Å². The summed E-state index contributed by atoms with van der Waals surface area (Å²) >= 11 is 5.87. The number of carbonyl (C=O) groups is 1. The van der Waals surface area contributed by atoms with Crippen LogP contribution in [0.1, 0.15) is 25.8 Å². The molecule has 5 heteroatoms. The van der Waals surface area contributed by atoms with Crippen LogP contribution in [-0.4, -0.2) is 23.8 Å². The van der Waals surface area contributed by atoms with E-state index in [0.717, 1.165) is 5.56 Å². The lowest BCUT2D eigenvalue weighted by Gasteiger charge is -2.21. The molecule has 0 bridgehead atoms. The SMILES string of the molecule is CC(C)[C@H](CCO)NC(=O)NCc1cccc(Cl)c1. The molecular formula is C14H21ClN2O2. The van der Waals surface area contributed by atoms with Crippen LogP contribution in [0.4, 0.5) is 4.79 Å². The first-order valence-electron chi connectivity index (χ1n) is 6.42. The standard InChI is InChI=1S/C14H21ClN2O2/c1-10(2)13(6-7-18)17-14(19)16-9-11-4-3-5-12(15)8-11/h3-5,8,10,13,18H,6-7,9H2,1-2H3,(H2,16,17,19)/t13-/m0/s1. The summed E-state index contributed by atoms with van der Waals surface area (Å²) in [4.78, 5) is 11.8. The molecule has 0 aromatic heterocycles. The van der Waals surface area contributed by atoms with Crippen molar-refractivity contribution in [2.45, 2.75) is 32.9 Å². The van der Waals surface area contributed by atoms with Gasteiger partial charge in [0.15, 0.2) is 0 Å². The summed E-state index contributed by atoms with van der Waals surface area (Å²) < 4.78 is 0. The largest absolute Gasteiger partial charge is 0.396 e. The fraction of sp³-hybridized carbons (Fsp3) is 0.500. The number of halogens is 1. The van der Waals surface area contributed by atoms with Gasteiger partial charge in [-0.3, -0.25) is 0 Å². The van der Waals surface area contributed by atoms with E-state index < -0.39 is 0 Å². The Morgan fingerprint density at radius 1 is 1.42 bits per heavy atom. The number of urea groups is 1. The smallest absolute Gasteiger partial charge is 0.315 e. The van der Waals surface area contributed by atoms with Gasteiger partial charge in [-0.25, -0.2) is 4.79 Å². The Balaban J connectivity index is 2.42. The highest BCUT2D eigenvalue weighted by Crippen LogP contribution is 2.10. The second kappa shape index (κ2) is 8.02. The number of aliphatic hydroxyl groups is 1. The summed E-state index contributed by atoms with van der Waals surface area (Å²) in [6, 6.07) is 7.10. The zero-order chi connectivity index (χ0) is 14.3. The van der Waals surface area contributed by atoms with Crippen LogP contribution in [0.3, 0.4) is 0 Å². The summed E-state index contributed by atoms with van der Waals surface area (Å²) in [6.07, 6.45) is 0.558. The second-order valence-electron chi connectivity index (χ2n) is 4.82. The molecule has 1 rings (SSSR count). The van der Waals surface area contributed by atoms with Crippen molar-refractivity contribution < 1.29 is 9.90 Å². The molecule has 0 saturated carbocycles. The van der Waals surface area contributed by atoms with E-state index in [1.165, 1.54) is 0 Å². The Morgan fingerprint density at radius 3 is 2.74 bits per heavy atom. The lowest BCUT2D eigenvalue weighted by atomic mass is 10.0. The molecule has 1 aromatic carbocycles. The van der Waals surface area contributed by atoms with Gasteiger partial charge in [-0.1, -0.05) is 37.6 Å². The first kappa shape index (κ1) is 15.8. The Hall–Kier alpha value is -1.26. The van der Waals surface area contributed by atoms with Crippen LogP contribution in [0.15, 0.2) is 24.3 Å². The first-order valence-corrected chi connectivity index (χ1v) is 6.80. The highest BCUT2D eigenvalue weighted by atomic mass is 35.5. The van der Waals surface area contributed by atoms with Crippen LogP contribution in [0.5, 0.6) is 0 Å². The van der Waals surface area contributed by atoms with Crippen LogP contribution >= 0.6 is 11.6 Å². The van der Waals surface area contributed by atoms with Gasteiger partial charge in [-0.15, -0.1) is 0 Å². The van der Waals surface area contributed by atoms with Crippen LogP contribution in [0.2, 0.25) is 5.02 Å². The summed E-state index contributed by atoms with van der Waals surface area (Å²) in [6.45, 7) is 4.52. The fourth-order valence-electron chi connectivity index (χ4n) is 1.76. The van der Waals surface area contributed by atoms with E-state index >= 15 is 0 Å². The third kappa shape index (κ3) is 5.94. The maximum atomic E-state index is 11.8. The van der Waals surface area contributed by atoms with Crippen molar-refractivity contribution in [1.29, 1.82) is 0 Å². The normalized spacial score (nSPS) is 12.3. The van der Waals surface area contributed by atoms with Gasteiger partial charge in [0.05, 0.1) is 0 Å². The van der Waals surface area contributed by atoms with Gasteiger partial charge in [-0.05, 0) is 30.0 Å². The molecule has 0 aliphatic heterocycles. The number of rotatable bonds is 6. The van der Waals surface area contributed by atoms with Crippen molar-refractivity contribution in [1.82, 2.24) is 10.6 Å². The molecule has 1 aromatic rings. The van der Waals surface area contributed by atoms with E-state index in [1.54, 1.807) is 6.07 Å². The Kier molecular flexibility index (Phi) is 6.67. The molecule has 0 fully saturated rings. The van der Waals surface area contributed by atoms with Gasteiger partial charge in [0.1, 0.15) is 0 Å². The molecule has 0 unspecified atom stereocenters. The number of benzene rings is 1. The van der Waals surface area contributed by atoms with E-state index in [4.69, 9.17) is 16.7 Å². The average molecular weight is 285 g/mol. The molecule has 2 amide bonds. The van der Waals surface area contributed by atoms with Gasteiger partial charge in [0, 0.05) is 24.2 Å². The summed E-state index contributed by atoms with van der Waals surface area (Å²) in [7, 11) is 0. The van der Waals surface area contributed by atoms with E-state index in [1.807, 2.05) is 32.0 Å². The van der Waals surface area contributed by atoms with Crippen LogP contribution in [0.25, 0.3) is 0 Å². The zero-order valence-corrected chi connectivity index (χ0v) is 12.1. The number of hydrogen-bond donors (Lipinski definition) is 3. The van der Waals surface area contributed by atoms with E-state index in [9.17, 15) is 4.79 Å². The molecule has 19 heavy (non-hydrogen) atoms. The Morgan fingerprint density at radius 2 is 2.16 bits per heavy atom. The molecule has 3 N–H and O–H groups in total. The van der Waals surface area contributed by atoms with Gasteiger partial charge in [0.25, 0.3) is 0 Å². The molecule has 1 atom stereocenters. The van der Waals surface area contributed by atoms with Gasteiger partial charge in [-0.2, -0.15) is 0 Å². The average Bonchev–Trinajstić information content (AvgIpc) is 2.36. The van der Waals surface area contributed by atoms with Crippen molar-refractivity contribution >= 4 is 17.6 Å². The van der Waals surface area contributed by atoms with Gasteiger partial charge >= 0.3 is 6.03 Å². The van der Waals surface area contributed by atoms with E-state index in [2.05, 4.69) is 10.6 Å². The van der Waals surface area contributed by atoms with Crippen LogP contribution < -0.4 is 10.6 Å². The number of nitrogens with one attached hydrogen (secondary N) is 2. The Labute approximate surface area is 119 Å². The third-order valence-electron chi connectivity index (χ3n) is 2.90. The number of hydrogen-bond acceptors (Lipinski definition) is 2. The van der Waals surface area contributed by atoms with Crippen molar-refractivity contribution in [2.75, 3.05) is 6.61 Å². The van der Waals surface area contributed by atoms with Crippen molar-refractivity contribution in [3.63, 3.8) is 0 Å². The lowest BCUT2D eigenvalue weighted by molar-refractivity contribution is 0.218. The van der Waals surface area contributed by atoms with Crippen LogP contribution in [0, 0.1) is 5.92 Å². The summed E-state index contributed by atoms with van der Waals surface area (Å²) in [5.41, 5.74) is 0.950. The van der Waals surface area contributed by atoms with Crippen molar-refractivity contribution in [3.05, 3.63) is 34.9 Å². The van der Waals surface area contributed by atoms with Crippen molar-refractivity contribution in [2.24, 2.45) is 5.92 Å². The lowest BCUT2D eigenvalue weighted by Crippen LogP contribution is -2.44. The predicted molar refractivity (Wildman–Crippen MR) is 77.2 cm³/mol. The minimum atomic E-state index is -0.230. The number of amides is 2. The second-order valence-corrected chi connectivity index (χ2v) is 5.26. The number of aliphatic hydroxyl groups excluding tert-OH is 1. The van der Waals surface area contributed by atoms with Crippen LogP contribution in [-0.2, 0) is 6.54 Å². The predicted octanol–water partition coefficient (Wildman–Crippen LogP) is 2.55. The fourth-order valence-corrected chi connectivity index (χ4v) is 1.97. The monoisotopic (exact) mass is 284 g/mol. The minimum absolute atomic E-state index is 0.0237. The number of carbonyl (C=O) groups excluding carboxylic acids is 1. The minimum Gasteiger partial charge on any atom is -0.396 e. The highest BCUT2D eigenvalue weighted by molar-refractivity contribution is 6.30. The quantitative estimate of drug-likeness (QED) is 0.752. The molecule has 0 radical (unpaired) electrons. The molecule has 0 spiro atoms. The van der Waals surface area contributed by atoms with Gasteiger partial charge < -0.3 is 15.7 Å². The third-order valence-corrected chi connectivity index (χ3v) is 3.14. The van der Waals surface area contributed by atoms with Gasteiger partial charge in [0.2, 0.25) is 0 Å². The summed E-state index contributed by atoms with van der Waals surface area (Å²) in [5, 5.41) is 15.2. The Bertz CT molecular complexity index is 410. The highest BCUT2D eigenvalue weighted by Gasteiger charge is 2.15.